The number of hydrogen-bond donors (Lipinski definition) is 0. The zero-order chi connectivity index (χ0) is 38.8. The molecule has 0 saturated heterocycles. The zero-order valence-corrected chi connectivity index (χ0v) is 35.1. The quantitative estimate of drug-likeness (QED) is 0.157. The fourth-order valence-electron chi connectivity index (χ4n) is 10.7. The number of anilines is 3. The Kier molecular flexibility index (Phi) is 6.36. The van der Waals surface area contributed by atoms with Crippen molar-refractivity contribution in [2.75, 3.05) is 4.90 Å². The van der Waals surface area contributed by atoms with Crippen molar-refractivity contribution in [2.24, 2.45) is 0 Å². The lowest BCUT2D eigenvalue weighted by molar-refractivity contribution is 1.33. The maximum Gasteiger partial charge on any atom is 0.248 e. The van der Waals surface area contributed by atoms with Gasteiger partial charge in [-0.2, -0.15) is 0 Å². The zero-order valence-electron chi connectivity index (χ0n) is 31.8. The van der Waals surface area contributed by atoms with Gasteiger partial charge in [0.2, 0.25) is 6.71 Å². The van der Waals surface area contributed by atoms with Crippen LogP contribution in [-0.4, -0.2) is 6.71 Å². The number of rotatable bonds is 2. The highest BCUT2D eigenvalue weighted by molar-refractivity contribution is 7.28. The van der Waals surface area contributed by atoms with Crippen LogP contribution in [0.25, 0.3) is 103 Å². The van der Waals surface area contributed by atoms with E-state index >= 15 is 0 Å². The SMILES string of the molecule is c1ccc2c(c1)sc1ccc(-c3cc4c5c(c3)N(c3cccc6c3sc3ccccc36)c3c(ccc6c3sc3ccccc36)B5c3ccc5c(sc6ccccc65)c3-4)cc12. The first-order chi connectivity index (χ1) is 29.7. The van der Waals surface area contributed by atoms with E-state index in [1.54, 1.807) is 0 Å². The van der Waals surface area contributed by atoms with Crippen molar-refractivity contribution in [3.63, 3.8) is 0 Å². The molecule has 60 heavy (non-hydrogen) atoms. The molecule has 13 aromatic rings. The number of nitrogens with zero attached hydrogens (tertiary/aromatic N) is 1. The van der Waals surface area contributed by atoms with Crippen molar-refractivity contribution in [1.82, 2.24) is 0 Å². The lowest BCUT2D eigenvalue weighted by atomic mass is 9.37. The van der Waals surface area contributed by atoms with Crippen LogP contribution in [0.3, 0.4) is 0 Å². The second kappa shape index (κ2) is 11.7. The first-order valence-corrected chi connectivity index (χ1v) is 23.7. The van der Waals surface area contributed by atoms with E-state index in [2.05, 4.69) is 175 Å². The lowest BCUT2D eigenvalue weighted by Crippen LogP contribution is -2.54. The van der Waals surface area contributed by atoms with Gasteiger partial charge in [-0.25, -0.2) is 0 Å². The normalized spacial score (nSPS) is 13.3. The van der Waals surface area contributed by atoms with Crippen LogP contribution in [0.2, 0.25) is 0 Å². The fraction of sp³-hybridized carbons (Fsp3) is 0. The van der Waals surface area contributed by atoms with E-state index < -0.39 is 0 Å². The van der Waals surface area contributed by atoms with E-state index in [0.717, 1.165) is 0 Å². The standard InChI is InChI=1S/C54H28BNS4/c1-6-17-45-31(10-1)35-14-9-15-42(52(35)58-45)56-43-28-30(29-20-25-48-38(26-29)34-13-4-5-16-44(34)57-48)27-39-49-40(23-21-36-32-11-2-7-18-46(32)59-53(36)49)55(50(39)43)41-24-22-37-33-12-3-8-19-47(33)60-54(37)51(41)56/h1-28H. The first kappa shape index (κ1) is 32.6. The minimum atomic E-state index is 0.111. The molecule has 6 heterocycles. The topological polar surface area (TPSA) is 3.24 Å². The molecule has 4 aromatic heterocycles. The van der Waals surface area contributed by atoms with Crippen LogP contribution in [0.5, 0.6) is 0 Å². The summed E-state index contributed by atoms with van der Waals surface area (Å²) in [6.07, 6.45) is 0. The number of hydrogen-bond acceptors (Lipinski definition) is 5. The van der Waals surface area contributed by atoms with Crippen molar-refractivity contribution in [3.8, 4) is 22.3 Å². The molecule has 0 unspecified atom stereocenters. The molecule has 0 N–H and O–H groups in total. The average molecular weight is 830 g/mol. The summed E-state index contributed by atoms with van der Waals surface area (Å²) >= 11 is 7.71. The van der Waals surface area contributed by atoms with Crippen LogP contribution >= 0.6 is 45.3 Å². The third kappa shape index (κ3) is 4.17. The molecule has 0 bridgehead atoms. The molecule has 0 amide bonds. The molecular formula is C54H28BNS4. The van der Waals surface area contributed by atoms with Crippen LogP contribution in [0.1, 0.15) is 0 Å². The fourth-order valence-corrected chi connectivity index (χ4v) is 15.6. The van der Waals surface area contributed by atoms with Gasteiger partial charge in [0.15, 0.2) is 0 Å². The molecule has 0 atom stereocenters. The second-order valence-electron chi connectivity index (χ2n) is 16.3. The molecular weight excluding hydrogens is 802 g/mol. The summed E-state index contributed by atoms with van der Waals surface area (Å²) in [4.78, 5) is 2.69. The van der Waals surface area contributed by atoms with Crippen molar-refractivity contribution >= 4 is 166 Å². The Bertz CT molecular complexity index is 4050. The Morgan fingerprint density at radius 2 is 0.900 bits per heavy atom. The Balaban J connectivity index is 1.12. The van der Waals surface area contributed by atoms with E-state index in [9.17, 15) is 0 Å². The summed E-state index contributed by atoms with van der Waals surface area (Å²) in [5.74, 6) is 0. The predicted octanol–water partition coefficient (Wildman–Crippen LogP) is 15.1. The summed E-state index contributed by atoms with van der Waals surface area (Å²) in [6, 6.07) is 64.7. The van der Waals surface area contributed by atoms with Crippen molar-refractivity contribution < 1.29 is 0 Å². The van der Waals surface area contributed by atoms with Gasteiger partial charge in [0.05, 0.1) is 20.8 Å². The molecule has 1 nitrogen and oxygen atoms in total. The summed E-state index contributed by atoms with van der Waals surface area (Å²) < 4.78 is 10.7. The minimum Gasteiger partial charge on any atom is -0.309 e. The Morgan fingerprint density at radius 1 is 0.350 bits per heavy atom. The van der Waals surface area contributed by atoms with E-state index in [1.807, 2.05) is 45.3 Å². The summed E-state index contributed by atoms with van der Waals surface area (Å²) in [5, 5.41) is 10.7. The molecule has 2 aliphatic heterocycles. The first-order valence-electron chi connectivity index (χ1n) is 20.4. The van der Waals surface area contributed by atoms with Gasteiger partial charge in [-0.3, -0.25) is 0 Å². The molecule has 0 radical (unpaired) electrons. The van der Waals surface area contributed by atoms with Crippen LogP contribution < -0.4 is 21.3 Å². The van der Waals surface area contributed by atoms with E-state index in [0.29, 0.717) is 0 Å². The number of fused-ring (bicyclic) bond motifs is 19. The molecule has 2 aliphatic rings. The van der Waals surface area contributed by atoms with Gasteiger partial charge in [0.1, 0.15) is 0 Å². The lowest BCUT2D eigenvalue weighted by Gasteiger charge is -2.37. The Morgan fingerprint density at radius 3 is 1.62 bits per heavy atom. The van der Waals surface area contributed by atoms with Crippen LogP contribution in [-0.2, 0) is 0 Å². The molecule has 276 valence electrons. The molecule has 0 spiro atoms. The van der Waals surface area contributed by atoms with Gasteiger partial charge in [0, 0.05) is 77.0 Å². The number of benzene rings is 9. The summed E-state index contributed by atoms with van der Waals surface area (Å²) in [6.45, 7) is 0.111. The minimum absolute atomic E-state index is 0.111. The second-order valence-corrected chi connectivity index (χ2v) is 20.5. The van der Waals surface area contributed by atoms with Crippen molar-refractivity contribution in [2.45, 2.75) is 0 Å². The molecule has 0 saturated carbocycles. The third-order valence-corrected chi connectivity index (χ3v) is 18.0. The van der Waals surface area contributed by atoms with E-state index in [1.165, 1.54) is 136 Å². The van der Waals surface area contributed by atoms with Crippen LogP contribution in [0, 0.1) is 0 Å². The smallest absolute Gasteiger partial charge is 0.248 e. The van der Waals surface area contributed by atoms with E-state index in [-0.39, 0.29) is 6.71 Å². The Hall–Kier alpha value is -6.28. The predicted molar refractivity (Wildman–Crippen MR) is 268 cm³/mol. The molecule has 15 rings (SSSR count). The van der Waals surface area contributed by atoms with Crippen molar-refractivity contribution in [3.05, 3.63) is 170 Å². The van der Waals surface area contributed by atoms with Crippen molar-refractivity contribution in [1.29, 1.82) is 0 Å². The molecule has 0 aliphatic carbocycles. The number of thiophene rings is 4. The average Bonchev–Trinajstić information content (AvgIpc) is 4.12. The third-order valence-electron chi connectivity index (χ3n) is 13.3. The van der Waals surface area contributed by atoms with Crippen LogP contribution in [0.15, 0.2) is 170 Å². The summed E-state index contributed by atoms with van der Waals surface area (Å²) in [7, 11) is 0. The van der Waals surface area contributed by atoms with E-state index in [4.69, 9.17) is 0 Å². The summed E-state index contributed by atoms with van der Waals surface area (Å²) in [5.41, 5.74) is 13.4. The van der Waals surface area contributed by atoms with Gasteiger partial charge in [-0.05, 0) is 87.8 Å². The largest absolute Gasteiger partial charge is 0.309 e. The van der Waals surface area contributed by atoms with Crippen LogP contribution in [0.4, 0.5) is 17.1 Å². The maximum atomic E-state index is 2.69. The van der Waals surface area contributed by atoms with Gasteiger partial charge >= 0.3 is 0 Å². The maximum absolute atomic E-state index is 2.69. The van der Waals surface area contributed by atoms with Gasteiger partial charge in [0.25, 0.3) is 0 Å². The highest BCUT2D eigenvalue weighted by Crippen LogP contribution is 2.53. The van der Waals surface area contributed by atoms with Gasteiger partial charge in [-0.15, -0.1) is 45.3 Å². The van der Waals surface area contributed by atoms with Gasteiger partial charge in [-0.1, -0.05) is 121 Å². The molecule has 0 fully saturated rings. The monoisotopic (exact) mass is 829 g/mol. The van der Waals surface area contributed by atoms with Gasteiger partial charge < -0.3 is 4.90 Å². The molecule has 6 heteroatoms. The highest BCUT2D eigenvalue weighted by atomic mass is 32.1. The highest BCUT2D eigenvalue weighted by Gasteiger charge is 2.45. The Labute approximate surface area is 360 Å². The molecule has 9 aromatic carbocycles.